The molecule has 1 heterocycles. The highest BCUT2D eigenvalue weighted by atomic mass is 35.5. The molecular formula is C18H17Cl2NO3S. The van der Waals surface area contributed by atoms with Crippen LogP contribution in [0, 0.1) is 0 Å². The predicted molar refractivity (Wildman–Crippen MR) is 102 cm³/mol. The average Bonchev–Trinajstić information content (AvgIpc) is 2.63. The van der Waals surface area contributed by atoms with E-state index in [1.165, 1.54) is 0 Å². The largest absolute Gasteiger partial charge is 0.486 e. The Morgan fingerprint density at radius 3 is 2.56 bits per heavy atom. The monoisotopic (exact) mass is 397 g/mol. The van der Waals surface area contributed by atoms with E-state index in [1.54, 1.807) is 30.0 Å². The normalized spacial score (nSPS) is 12.7. The maximum Gasteiger partial charge on any atom is 0.251 e. The summed E-state index contributed by atoms with van der Waals surface area (Å²) in [7, 11) is 0. The molecule has 1 aliphatic rings. The summed E-state index contributed by atoms with van der Waals surface area (Å²) in [5.41, 5.74) is 1.48. The fourth-order valence-electron chi connectivity index (χ4n) is 2.37. The number of benzene rings is 2. The second-order valence-electron chi connectivity index (χ2n) is 5.37. The summed E-state index contributed by atoms with van der Waals surface area (Å²) in [5, 5.41) is 4.23. The minimum Gasteiger partial charge on any atom is -0.486 e. The highest BCUT2D eigenvalue weighted by molar-refractivity contribution is 7.98. The Labute approximate surface area is 160 Å². The Kier molecular flexibility index (Phi) is 6.34. The molecule has 1 N–H and O–H groups in total. The second-order valence-corrected chi connectivity index (χ2v) is 7.29. The molecule has 4 nitrogen and oxygen atoms in total. The summed E-state index contributed by atoms with van der Waals surface area (Å²) in [6.45, 7) is 1.59. The Morgan fingerprint density at radius 1 is 1.08 bits per heavy atom. The molecule has 0 aliphatic carbocycles. The van der Waals surface area contributed by atoms with Gasteiger partial charge in [0.1, 0.15) is 13.2 Å². The van der Waals surface area contributed by atoms with Gasteiger partial charge in [-0.3, -0.25) is 4.79 Å². The van der Waals surface area contributed by atoms with Crippen molar-refractivity contribution in [1.29, 1.82) is 0 Å². The molecule has 0 unspecified atom stereocenters. The number of halogens is 2. The summed E-state index contributed by atoms with van der Waals surface area (Å²) in [4.78, 5) is 12.2. The molecule has 7 heteroatoms. The third-order valence-corrected chi connectivity index (χ3v) is 5.34. The lowest BCUT2D eigenvalue weighted by Gasteiger charge is -2.18. The van der Waals surface area contributed by atoms with Crippen LogP contribution in [0.15, 0.2) is 36.4 Å². The number of ether oxygens (including phenoxy) is 2. The third-order valence-electron chi connectivity index (χ3n) is 3.64. The van der Waals surface area contributed by atoms with E-state index in [9.17, 15) is 4.79 Å². The smallest absolute Gasteiger partial charge is 0.251 e. The molecule has 0 saturated carbocycles. The van der Waals surface area contributed by atoms with Crippen LogP contribution in [0.4, 0.5) is 0 Å². The van der Waals surface area contributed by atoms with Crippen molar-refractivity contribution in [2.45, 2.75) is 5.75 Å². The molecule has 2 aromatic rings. The van der Waals surface area contributed by atoms with Crippen LogP contribution >= 0.6 is 35.0 Å². The number of carbonyl (C=O) groups excluding carboxylic acids is 1. The van der Waals surface area contributed by atoms with Gasteiger partial charge in [-0.15, -0.1) is 0 Å². The first-order chi connectivity index (χ1) is 12.1. The van der Waals surface area contributed by atoms with Crippen LogP contribution in [0.5, 0.6) is 11.5 Å². The van der Waals surface area contributed by atoms with Crippen LogP contribution in [-0.4, -0.2) is 31.4 Å². The second kappa shape index (κ2) is 8.70. The molecule has 0 atom stereocenters. The number of thioether (sulfide) groups is 1. The number of hydrogen-bond donors (Lipinski definition) is 1. The van der Waals surface area contributed by atoms with Crippen molar-refractivity contribution in [3.05, 3.63) is 57.6 Å². The summed E-state index contributed by atoms with van der Waals surface area (Å²) in [6, 6.07) is 10.7. The van der Waals surface area contributed by atoms with E-state index < -0.39 is 0 Å². The highest BCUT2D eigenvalue weighted by Gasteiger charge is 2.14. The maximum atomic E-state index is 12.2. The van der Waals surface area contributed by atoms with Crippen molar-refractivity contribution in [2.24, 2.45) is 0 Å². The number of hydrogen-bond acceptors (Lipinski definition) is 4. The van der Waals surface area contributed by atoms with E-state index in [0.29, 0.717) is 52.6 Å². The van der Waals surface area contributed by atoms with Gasteiger partial charge in [0.25, 0.3) is 5.91 Å². The number of rotatable bonds is 6. The molecular weight excluding hydrogens is 381 g/mol. The summed E-state index contributed by atoms with van der Waals surface area (Å²) >= 11 is 13.9. The molecule has 0 bridgehead atoms. The Bertz CT molecular complexity index is 750. The summed E-state index contributed by atoms with van der Waals surface area (Å²) < 4.78 is 10.9. The van der Waals surface area contributed by atoms with Gasteiger partial charge in [0, 0.05) is 33.7 Å². The van der Waals surface area contributed by atoms with Crippen LogP contribution in [0.25, 0.3) is 0 Å². The number of fused-ring (bicyclic) bond motifs is 1. The number of nitrogens with one attached hydrogen (secondary N) is 1. The third kappa shape index (κ3) is 4.75. The van der Waals surface area contributed by atoms with Crippen LogP contribution in [0.3, 0.4) is 0 Å². The predicted octanol–water partition coefficient (Wildman–Crippen LogP) is 4.43. The zero-order valence-electron chi connectivity index (χ0n) is 13.4. The fourth-order valence-corrected chi connectivity index (χ4v) is 3.96. The zero-order valence-corrected chi connectivity index (χ0v) is 15.7. The molecule has 3 rings (SSSR count). The Morgan fingerprint density at radius 2 is 1.80 bits per heavy atom. The SMILES string of the molecule is O=C(NCCSCc1c(Cl)cccc1Cl)c1ccc2c(c1)OCCO2. The Hall–Kier alpha value is -1.56. The van der Waals surface area contributed by atoms with E-state index in [4.69, 9.17) is 32.7 Å². The molecule has 0 aromatic heterocycles. The fraction of sp³-hybridized carbons (Fsp3) is 0.278. The molecule has 132 valence electrons. The summed E-state index contributed by atoms with van der Waals surface area (Å²) in [5.74, 6) is 2.63. The molecule has 0 radical (unpaired) electrons. The van der Waals surface area contributed by atoms with Crippen molar-refractivity contribution in [2.75, 3.05) is 25.5 Å². The van der Waals surface area contributed by atoms with Crippen LogP contribution in [0.1, 0.15) is 15.9 Å². The molecule has 0 fully saturated rings. The molecule has 0 spiro atoms. The van der Waals surface area contributed by atoms with E-state index >= 15 is 0 Å². The minimum absolute atomic E-state index is 0.131. The van der Waals surface area contributed by atoms with Crippen molar-refractivity contribution >= 4 is 40.9 Å². The van der Waals surface area contributed by atoms with Gasteiger partial charge in [-0.1, -0.05) is 29.3 Å². The minimum atomic E-state index is -0.131. The average molecular weight is 398 g/mol. The zero-order chi connectivity index (χ0) is 17.6. The van der Waals surface area contributed by atoms with Gasteiger partial charge in [0.15, 0.2) is 11.5 Å². The molecule has 1 aliphatic heterocycles. The molecule has 25 heavy (non-hydrogen) atoms. The standard InChI is InChI=1S/C18H17Cl2NO3S/c19-14-2-1-3-15(20)13(14)11-25-9-6-21-18(22)12-4-5-16-17(10-12)24-8-7-23-16/h1-5,10H,6-9,11H2,(H,21,22). The molecule has 1 amide bonds. The van der Waals surface area contributed by atoms with E-state index in [1.807, 2.05) is 18.2 Å². The first-order valence-corrected chi connectivity index (χ1v) is 9.74. The van der Waals surface area contributed by atoms with Gasteiger partial charge in [-0.25, -0.2) is 0 Å². The van der Waals surface area contributed by atoms with Gasteiger partial charge in [0.2, 0.25) is 0 Å². The van der Waals surface area contributed by atoms with Gasteiger partial charge in [0.05, 0.1) is 0 Å². The van der Waals surface area contributed by atoms with Crippen molar-refractivity contribution < 1.29 is 14.3 Å². The van der Waals surface area contributed by atoms with Crippen molar-refractivity contribution in [1.82, 2.24) is 5.32 Å². The first kappa shape index (κ1) is 18.2. The van der Waals surface area contributed by atoms with Crippen LogP contribution in [-0.2, 0) is 5.75 Å². The van der Waals surface area contributed by atoms with E-state index in [2.05, 4.69) is 5.32 Å². The molecule has 0 saturated heterocycles. The highest BCUT2D eigenvalue weighted by Crippen LogP contribution is 2.31. The topological polar surface area (TPSA) is 47.6 Å². The molecule has 2 aromatic carbocycles. The van der Waals surface area contributed by atoms with Crippen molar-refractivity contribution in [3.63, 3.8) is 0 Å². The number of carbonyl (C=O) groups is 1. The lowest BCUT2D eigenvalue weighted by molar-refractivity contribution is 0.0955. The lowest BCUT2D eigenvalue weighted by Crippen LogP contribution is -2.26. The van der Waals surface area contributed by atoms with E-state index in [-0.39, 0.29) is 5.91 Å². The number of amides is 1. The van der Waals surface area contributed by atoms with Gasteiger partial charge < -0.3 is 14.8 Å². The van der Waals surface area contributed by atoms with Crippen LogP contribution < -0.4 is 14.8 Å². The van der Waals surface area contributed by atoms with Crippen LogP contribution in [0.2, 0.25) is 10.0 Å². The lowest BCUT2D eigenvalue weighted by atomic mass is 10.2. The maximum absolute atomic E-state index is 12.2. The summed E-state index contributed by atoms with van der Waals surface area (Å²) in [6.07, 6.45) is 0. The van der Waals surface area contributed by atoms with Gasteiger partial charge >= 0.3 is 0 Å². The van der Waals surface area contributed by atoms with Gasteiger partial charge in [-0.2, -0.15) is 11.8 Å². The van der Waals surface area contributed by atoms with Crippen molar-refractivity contribution in [3.8, 4) is 11.5 Å². The van der Waals surface area contributed by atoms with Gasteiger partial charge in [-0.05, 0) is 35.9 Å². The Balaban J connectivity index is 1.45. The quantitative estimate of drug-likeness (QED) is 0.732. The first-order valence-electron chi connectivity index (χ1n) is 7.83. The van der Waals surface area contributed by atoms with E-state index in [0.717, 1.165) is 11.3 Å².